The first-order valence-corrected chi connectivity index (χ1v) is 12.1. The summed E-state index contributed by atoms with van der Waals surface area (Å²) >= 11 is 7.62. The lowest BCUT2D eigenvalue weighted by atomic mass is 10.2. The fraction of sp³-hybridized carbons (Fsp3) is 0.263. The summed E-state index contributed by atoms with van der Waals surface area (Å²) in [5.41, 5.74) is 2.01. The third-order valence-electron chi connectivity index (χ3n) is 3.13. The lowest BCUT2D eigenvalue weighted by molar-refractivity contribution is 0.0510. The Balaban J connectivity index is 0.000000234. The molecule has 0 unspecified atom stereocenters. The summed E-state index contributed by atoms with van der Waals surface area (Å²) in [7, 11) is 0. The van der Waals surface area contributed by atoms with Gasteiger partial charge in [0.15, 0.2) is 19.6 Å². The number of aromatic nitrogens is 2. The molecule has 0 atom stereocenters. The van der Waals surface area contributed by atoms with Gasteiger partial charge < -0.3 is 9.47 Å². The molecule has 0 aliphatic heterocycles. The number of hydrogen-bond donors (Lipinski definition) is 0. The Labute approximate surface area is 189 Å². The molecule has 0 saturated carbocycles. The molecule has 0 radical (unpaired) electrons. The highest BCUT2D eigenvalue weighted by molar-refractivity contribution is 9.11. The average Bonchev–Trinajstić information content (AvgIpc) is 3.37. The van der Waals surface area contributed by atoms with Crippen molar-refractivity contribution < 1.29 is 19.1 Å². The van der Waals surface area contributed by atoms with Crippen LogP contribution in [0.15, 0.2) is 49.3 Å². The number of carbonyl (C=O) groups is 2. The molecule has 0 fully saturated rings. The summed E-state index contributed by atoms with van der Waals surface area (Å²) in [4.78, 5) is 30.5. The predicted molar refractivity (Wildman–Crippen MR) is 120 cm³/mol. The molecule has 3 rings (SSSR count). The molecular formula is C19H19BrN2O4S3. The first-order chi connectivity index (χ1) is 14.0. The summed E-state index contributed by atoms with van der Waals surface area (Å²) in [6.45, 7) is 4.31. The van der Waals surface area contributed by atoms with Crippen molar-refractivity contribution in [3.63, 3.8) is 0 Å². The van der Waals surface area contributed by atoms with Gasteiger partial charge in [-0.1, -0.05) is 42.1 Å². The monoisotopic (exact) mass is 514 g/mol. The number of thioether (sulfide) groups is 1. The molecule has 2 aromatic heterocycles. The van der Waals surface area contributed by atoms with E-state index in [1.807, 2.05) is 18.2 Å². The summed E-state index contributed by atoms with van der Waals surface area (Å²) in [5.74, 6) is 0.145. The van der Waals surface area contributed by atoms with Crippen molar-refractivity contribution in [2.75, 3.05) is 13.2 Å². The largest absolute Gasteiger partial charge is 0.461 e. The number of hydrogen-bond acceptors (Lipinski definition) is 9. The molecule has 0 N–H and O–H groups in total. The van der Waals surface area contributed by atoms with Crippen LogP contribution >= 0.6 is 50.4 Å². The van der Waals surface area contributed by atoms with Crippen molar-refractivity contribution in [1.29, 1.82) is 0 Å². The van der Waals surface area contributed by atoms with Gasteiger partial charge in [-0.05, 0) is 35.3 Å². The zero-order chi connectivity index (χ0) is 21.1. The fourth-order valence-electron chi connectivity index (χ4n) is 1.89. The van der Waals surface area contributed by atoms with E-state index >= 15 is 0 Å². The maximum absolute atomic E-state index is 11.4. The van der Waals surface area contributed by atoms with Crippen LogP contribution in [0.5, 0.6) is 0 Å². The maximum atomic E-state index is 11.4. The van der Waals surface area contributed by atoms with E-state index in [1.165, 1.54) is 28.2 Å². The molecule has 6 nitrogen and oxygen atoms in total. The number of esters is 2. The third kappa shape index (κ3) is 8.25. The zero-order valence-electron chi connectivity index (χ0n) is 15.8. The highest BCUT2D eigenvalue weighted by Crippen LogP contribution is 2.26. The summed E-state index contributed by atoms with van der Waals surface area (Å²) in [6.07, 6.45) is 0. The zero-order valence-corrected chi connectivity index (χ0v) is 19.8. The minimum absolute atomic E-state index is 0.347. The van der Waals surface area contributed by atoms with E-state index in [1.54, 1.807) is 36.4 Å². The number of halogens is 1. The van der Waals surface area contributed by atoms with Gasteiger partial charge in [-0.25, -0.2) is 19.6 Å². The van der Waals surface area contributed by atoms with Crippen LogP contribution in [-0.4, -0.2) is 35.1 Å². The molecule has 0 aliphatic carbocycles. The van der Waals surface area contributed by atoms with Gasteiger partial charge in [0.2, 0.25) is 0 Å². The summed E-state index contributed by atoms with van der Waals surface area (Å²) in [6, 6.07) is 10.2. The van der Waals surface area contributed by atoms with Crippen LogP contribution in [-0.2, 0) is 15.2 Å². The van der Waals surface area contributed by atoms with Crippen LogP contribution in [0, 0.1) is 0 Å². The van der Waals surface area contributed by atoms with Crippen LogP contribution in [0.1, 0.15) is 40.4 Å². The van der Waals surface area contributed by atoms with E-state index in [-0.39, 0.29) is 11.9 Å². The van der Waals surface area contributed by atoms with Crippen LogP contribution in [0.4, 0.5) is 0 Å². The third-order valence-corrected chi connectivity index (χ3v) is 6.59. The Bertz CT molecular complexity index is 915. The molecule has 0 aliphatic rings. The Morgan fingerprint density at radius 2 is 1.55 bits per heavy atom. The van der Waals surface area contributed by atoms with Crippen molar-refractivity contribution in [1.82, 2.24) is 9.97 Å². The fourth-order valence-corrected chi connectivity index (χ4v) is 4.62. The molecule has 3 aromatic rings. The normalized spacial score (nSPS) is 10.0. The lowest BCUT2D eigenvalue weighted by Gasteiger charge is -1.98. The number of benzene rings is 1. The first-order valence-electron chi connectivity index (χ1n) is 8.61. The van der Waals surface area contributed by atoms with E-state index in [9.17, 15) is 9.59 Å². The van der Waals surface area contributed by atoms with Gasteiger partial charge in [0.05, 0.1) is 13.2 Å². The molecule has 0 amide bonds. The Hall–Kier alpha value is -1.75. The van der Waals surface area contributed by atoms with Gasteiger partial charge in [0, 0.05) is 16.5 Å². The van der Waals surface area contributed by atoms with Crippen molar-refractivity contribution >= 4 is 62.3 Å². The van der Waals surface area contributed by atoms with E-state index in [0.717, 1.165) is 10.1 Å². The molecule has 0 spiro atoms. The number of rotatable bonds is 7. The number of nitrogens with zero attached hydrogens (tertiary/aromatic N) is 2. The van der Waals surface area contributed by atoms with Crippen molar-refractivity contribution in [2.24, 2.45) is 0 Å². The van der Waals surface area contributed by atoms with Crippen LogP contribution < -0.4 is 0 Å². The molecule has 154 valence electrons. The minimum atomic E-state index is -0.366. The smallest absolute Gasteiger partial charge is 0.357 e. The minimum Gasteiger partial charge on any atom is -0.461 e. The van der Waals surface area contributed by atoms with Gasteiger partial charge in [0.25, 0.3) is 0 Å². The molecular weight excluding hydrogens is 496 g/mol. The van der Waals surface area contributed by atoms with Gasteiger partial charge in [0.1, 0.15) is 0 Å². The van der Waals surface area contributed by atoms with Crippen LogP contribution in [0.3, 0.4) is 0 Å². The second kappa shape index (κ2) is 12.7. The van der Waals surface area contributed by atoms with Crippen molar-refractivity contribution in [2.45, 2.75) is 23.9 Å². The lowest BCUT2D eigenvalue weighted by Crippen LogP contribution is -2.04. The molecule has 0 bridgehead atoms. The second-order valence-corrected chi connectivity index (χ2v) is 9.41. The Kier molecular flexibility index (Phi) is 10.3. The first kappa shape index (κ1) is 23.5. The molecule has 0 saturated heterocycles. The van der Waals surface area contributed by atoms with Crippen LogP contribution in [0.2, 0.25) is 0 Å². The number of thiazole rings is 2. The van der Waals surface area contributed by atoms with Gasteiger partial charge in [-0.2, -0.15) is 0 Å². The quantitative estimate of drug-likeness (QED) is 0.295. The SMILES string of the molecule is CCOC(=O)c1csc(Br)n1.CCOC(=O)c1csc(SCc2ccccc2)n1. The van der Waals surface area contributed by atoms with Gasteiger partial charge >= 0.3 is 11.9 Å². The van der Waals surface area contributed by atoms with Crippen LogP contribution in [0.25, 0.3) is 0 Å². The van der Waals surface area contributed by atoms with Crippen molar-refractivity contribution in [3.8, 4) is 0 Å². The summed E-state index contributed by atoms with van der Waals surface area (Å²) in [5, 5.41) is 3.40. The molecule has 1 aromatic carbocycles. The Morgan fingerprint density at radius 1 is 0.966 bits per heavy atom. The molecule has 10 heteroatoms. The molecule has 2 heterocycles. The predicted octanol–water partition coefficient (Wildman–Crippen LogP) is 5.69. The van der Waals surface area contributed by atoms with Gasteiger partial charge in [-0.15, -0.1) is 22.7 Å². The van der Waals surface area contributed by atoms with E-state index < -0.39 is 0 Å². The highest BCUT2D eigenvalue weighted by Gasteiger charge is 2.11. The van der Waals surface area contributed by atoms with Crippen molar-refractivity contribution in [3.05, 3.63) is 62.0 Å². The second-order valence-electron chi connectivity index (χ2n) is 5.20. The highest BCUT2D eigenvalue weighted by atomic mass is 79.9. The van der Waals surface area contributed by atoms with E-state index in [2.05, 4.69) is 38.0 Å². The van der Waals surface area contributed by atoms with E-state index in [0.29, 0.717) is 28.5 Å². The Morgan fingerprint density at radius 3 is 2.10 bits per heavy atom. The number of ether oxygens (including phenoxy) is 2. The molecule has 29 heavy (non-hydrogen) atoms. The topological polar surface area (TPSA) is 78.4 Å². The maximum Gasteiger partial charge on any atom is 0.357 e. The average molecular weight is 515 g/mol. The van der Waals surface area contributed by atoms with Gasteiger partial charge in [-0.3, -0.25) is 0 Å². The standard InChI is InChI=1S/C13H13NO2S2.C6H6BrNO2S/c1-2-16-12(15)11-9-18-13(14-11)17-8-10-6-4-3-5-7-10;1-2-10-5(9)4-3-11-6(7)8-4/h3-7,9H,2,8H2,1H3;3H,2H2,1H3. The summed E-state index contributed by atoms with van der Waals surface area (Å²) < 4.78 is 11.2. The van der Waals surface area contributed by atoms with E-state index in [4.69, 9.17) is 9.47 Å². The number of carbonyl (C=O) groups excluding carboxylic acids is 2.